The van der Waals surface area contributed by atoms with Gasteiger partial charge in [0.25, 0.3) is 0 Å². The fraction of sp³-hybridized carbons (Fsp3) is 0.667. The molecule has 2 saturated heterocycles. The van der Waals surface area contributed by atoms with Crippen molar-refractivity contribution in [3.63, 3.8) is 0 Å². The van der Waals surface area contributed by atoms with Gasteiger partial charge in [-0.1, -0.05) is 32.9 Å². The summed E-state index contributed by atoms with van der Waals surface area (Å²) in [6.07, 6.45) is 5.29. The summed E-state index contributed by atoms with van der Waals surface area (Å²) in [5.74, 6) is 0.309. The first-order chi connectivity index (χ1) is 11.9. The number of anilines is 2. The highest BCUT2D eigenvalue weighted by Crippen LogP contribution is 2.30. The summed E-state index contributed by atoms with van der Waals surface area (Å²) in [5.41, 5.74) is 2.66. The van der Waals surface area contributed by atoms with Crippen LogP contribution in [0.4, 0.5) is 11.4 Å². The van der Waals surface area contributed by atoms with Crippen molar-refractivity contribution in [1.82, 2.24) is 4.90 Å². The van der Waals surface area contributed by atoms with Gasteiger partial charge in [0.15, 0.2) is 0 Å². The minimum absolute atomic E-state index is 0.0703. The van der Waals surface area contributed by atoms with Crippen molar-refractivity contribution in [1.29, 1.82) is 0 Å². The number of nitrogens with zero attached hydrogens (tertiary/aromatic N) is 2. The van der Waals surface area contributed by atoms with Crippen molar-refractivity contribution >= 4 is 17.3 Å². The van der Waals surface area contributed by atoms with E-state index in [9.17, 15) is 4.79 Å². The fourth-order valence-electron chi connectivity index (χ4n) is 3.89. The zero-order valence-electron chi connectivity index (χ0n) is 16.1. The summed E-state index contributed by atoms with van der Waals surface area (Å²) in [6.45, 7) is 10.5. The molecule has 1 aromatic carbocycles. The van der Waals surface area contributed by atoms with Crippen LogP contribution in [0.25, 0.3) is 0 Å². The first-order valence-corrected chi connectivity index (χ1v) is 9.81. The Bertz CT molecular complexity index is 579. The molecule has 1 amide bonds. The van der Waals surface area contributed by atoms with Crippen LogP contribution < -0.4 is 10.2 Å². The number of hydrogen-bond acceptors (Lipinski definition) is 3. The molecule has 138 valence electrons. The Morgan fingerprint density at radius 2 is 1.72 bits per heavy atom. The number of carbonyl (C=O) groups is 1. The number of piperidine rings is 1. The van der Waals surface area contributed by atoms with Crippen LogP contribution in [0.15, 0.2) is 24.3 Å². The van der Waals surface area contributed by atoms with Crippen molar-refractivity contribution in [2.45, 2.75) is 58.9 Å². The van der Waals surface area contributed by atoms with E-state index in [0.29, 0.717) is 18.4 Å². The van der Waals surface area contributed by atoms with Crippen LogP contribution >= 0.6 is 0 Å². The van der Waals surface area contributed by atoms with Gasteiger partial charge in [-0.15, -0.1) is 0 Å². The Kier molecular flexibility index (Phi) is 5.55. The smallest absolute Gasteiger partial charge is 0.223 e. The third-order valence-electron chi connectivity index (χ3n) is 5.24. The Labute approximate surface area is 152 Å². The topological polar surface area (TPSA) is 35.6 Å². The largest absolute Gasteiger partial charge is 0.381 e. The van der Waals surface area contributed by atoms with Crippen molar-refractivity contribution in [3.8, 4) is 0 Å². The maximum atomic E-state index is 12.4. The second-order valence-corrected chi connectivity index (χ2v) is 8.75. The normalized spacial score (nSPS) is 19.3. The van der Waals surface area contributed by atoms with E-state index in [-0.39, 0.29) is 5.41 Å². The van der Waals surface area contributed by atoms with Crippen molar-refractivity contribution < 1.29 is 4.79 Å². The first-order valence-electron chi connectivity index (χ1n) is 9.81. The number of carbonyl (C=O) groups excluding carboxylic acids is 1. The molecule has 0 saturated carbocycles. The highest BCUT2D eigenvalue weighted by atomic mass is 16.2. The lowest BCUT2D eigenvalue weighted by atomic mass is 9.91. The van der Waals surface area contributed by atoms with Gasteiger partial charge in [0.2, 0.25) is 5.91 Å². The zero-order valence-corrected chi connectivity index (χ0v) is 16.1. The van der Waals surface area contributed by atoms with Crippen LogP contribution in [-0.2, 0) is 4.79 Å². The van der Waals surface area contributed by atoms with E-state index >= 15 is 0 Å². The van der Waals surface area contributed by atoms with Crippen molar-refractivity contribution in [2.24, 2.45) is 5.41 Å². The minimum atomic E-state index is 0.0703. The molecule has 3 rings (SSSR count). The van der Waals surface area contributed by atoms with E-state index in [1.807, 2.05) is 0 Å². The third kappa shape index (κ3) is 4.90. The number of nitrogens with one attached hydrogen (secondary N) is 1. The summed E-state index contributed by atoms with van der Waals surface area (Å²) in [5, 5.41) is 3.75. The fourth-order valence-corrected chi connectivity index (χ4v) is 3.89. The van der Waals surface area contributed by atoms with Gasteiger partial charge < -0.3 is 15.1 Å². The van der Waals surface area contributed by atoms with E-state index < -0.39 is 0 Å². The molecular weight excluding hydrogens is 310 g/mol. The molecule has 4 heteroatoms. The SMILES string of the molecule is CC(C)(C)CC(=O)N1CCC(Nc2ccccc2N2CCCC2)CC1. The average molecular weight is 344 g/mol. The summed E-state index contributed by atoms with van der Waals surface area (Å²) in [6, 6.07) is 9.14. The van der Waals surface area contributed by atoms with Crippen LogP contribution in [0.1, 0.15) is 52.9 Å². The molecule has 2 aliphatic heterocycles. The van der Waals surface area contributed by atoms with Gasteiger partial charge in [0.05, 0.1) is 11.4 Å². The molecule has 2 heterocycles. The van der Waals surface area contributed by atoms with E-state index in [1.54, 1.807) is 0 Å². The van der Waals surface area contributed by atoms with Gasteiger partial charge in [0, 0.05) is 38.6 Å². The van der Waals surface area contributed by atoms with Gasteiger partial charge in [-0.05, 0) is 43.2 Å². The van der Waals surface area contributed by atoms with E-state index in [1.165, 1.54) is 37.3 Å². The molecule has 0 aromatic heterocycles. The summed E-state index contributed by atoms with van der Waals surface area (Å²) < 4.78 is 0. The second-order valence-electron chi connectivity index (χ2n) is 8.75. The minimum Gasteiger partial charge on any atom is -0.381 e. The Hall–Kier alpha value is -1.71. The van der Waals surface area contributed by atoms with Crippen LogP contribution in [0.3, 0.4) is 0 Å². The van der Waals surface area contributed by atoms with Gasteiger partial charge in [-0.3, -0.25) is 4.79 Å². The van der Waals surface area contributed by atoms with Crippen molar-refractivity contribution in [2.75, 3.05) is 36.4 Å². The molecule has 0 radical (unpaired) electrons. The van der Waals surface area contributed by atoms with Gasteiger partial charge in [-0.2, -0.15) is 0 Å². The molecule has 1 N–H and O–H groups in total. The number of benzene rings is 1. The highest BCUT2D eigenvalue weighted by molar-refractivity contribution is 5.77. The number of rotatable bonds is 4. The molecule has 1 aromatic rings. The lowest BCUT2D eigenvalue weighted by Gasteiger charge is -2.35. The molecule has 0 aliphatic carbocycles. The zero-order chi connectivity index (χ0) is 17.9. The highest BCUT2D eigenvalue weighted by Gasteiger charge is 2.26. The maximum Gasteiger partial charge on any atom is 0.223 e. The number of amides is 1. The predicted molar refractivity (Wildman–Crippen MR) is 105 cm³/mol. The first kappa shape index (κ1) is 18.1. The standard InChI is InChI=1S/C21H33N3O/c1-21(2,3)16-20(25)24-14-10-17(11-15-24)22-18-8-4-5-9-19(18)23-12-6-7-13-23/h4-5,8-9,17,22H,6-7,10-16H2,1-3H3. The van der Waals surface area contributed by atoms with E-state index in [2.05, 4.69) is 60.2 Å². The van der Waals surface area contributed by atoms with Crippen LogP contribution in [0.2, 0.25) is 0 Å². The summed E-state index contributed by atoms with van der Waals surface area (Å²) >= 11 is 0. The molecular formula is C21H33N3O. The predicted octanol–water partition coefficient (Wildman–Crippen LogP) is 4.13. The van der Waals surface area contributed by atoms with Gasteiger partial charge in [0.1, 0.15) is 0 Å². The molecule has 0 atom stereocenters. The van der Waals surface area contributed by atoms with Gasteiger partial charge >= 0.3 is 0 Å². The Balaban J connectivity index is 1.55. The van der Waals surface area contributed by atoms with E-state index in [0.717, 1.165) is 25.9 Å². The summed E-state index contributed by atoms with van der Waals surface area (Å²) in [7, 11) is 0. The Morgan fingerprint density at radius 1 is 1.08 bits per heavy atom. The third-order valence-corrected chi connectivity index (χ3v) is 5.24. The number of hydrogen-bond donors (Lipinski definition) is 1. The van der Waals surface area contributed by atoms with Crippen LogP contribution in [0.5, 0.6) is 0 Å². The van der Waals surface area contributed by atoms with Crippen LogP contribution in [0, 0.1) is 5.41 Å². The average Bonchev–Trinajstić information content (AvgIpc) is 3.09. The molecule has 0 unspecified atom stereocenters. The number of likely N-dealkylation sites (tertiary alicyclic amines) is 1. The van der Waals surface area contributed by atoms with Crippen molar-refractivity contribution in [3.05, 3.63) is 24.3 Å². The quantitative estimate of drug-likeness (QED) is 0.893. The van der Waals surface area contributed by atoms with E-state index in [4.69, 9.17) is 0 Å². The van der Waals surface area contributed by atoms with Gasteiger partial charge in [-0.25, -0.2) is 0 Å². The molecule has 0 bridgehead atoms. The summed E-state index contributed by atoms with van der Waals surface area (Å²) in [4.78, 5) is 16.9. The van der Waals surface area contributed by atoms with Crippen LogP contribution in [-0.4, -0.2) is 43.0 Å². The molecule has 0 spiro atoms. The lowest BCUT2D eigenvalue weighted by Crippen LogP contribution is -2.43. The molecule has 2 aliphatic rings. The Morgan fingerprint density at radius 3 is 2.36 bits per heavy atom. The maximum absolute atomic E-state index is 12.4. The second kappa shape index (κ2) is 7.67. The molecule has 4 nitrogen and oxygen atoms in total. The molecule has 2 fully saturated rings. The lowest BCUT2D eigenvalue weighted by molar-refractivity contribution is -0.134. The number of para-hydroxylation sites is 2. The monoisotopic (exact) mass is 343 g/mol. The molecule has 25 heavy (non-hydrogen) atoms.